The number of nitrogens with two attached hydrogens (primary N) is 1. The van der Waals surface area contributed by atoms with Crippen LogP contribution >= 0.6 is 0 Å². The summed E-state index contributed by atoms with van der Waals surface area (Å²) in [4.78, 5) is 28.0. The summed E-state index contributed by atoms with van der Waals surface area (Å²) in [6.45, 7) is 16.0. The van der Waals surface area contributed by atoms with Gasteiger partial charge in [-0.2, -0.15) is 0 Å². The Morgan fingerprint density at radius 2 is 1.84 bits per heavy atom. The van der Waals surface area contributed by atoms with Crippen LogP contribution in [0.1, 0.15) is 66.7 Å². The number of rotatable bonds is 9. The topological polar surface area (TPSA) is 142 Å². The third kappa shape index (κ3) is 6.77. The Morgan fingerprint density at radius 1 is 1.14 bits per heavy atom. The normalized spacial score (nSPS) is 24.7. The quantitative estimate of drug-likeness (QED) is 0.331. The van der Waals surface area contributed by atoms with Crippen molar-refractivity contribution >= 4 is 28.7 Å². The van der Waals surface area contributed by atoms with Crippen molar-refractivity contribution in [1.82, 2.24) is 29.7 Å². The number of imidazole rings is 1. The Kier molecular flexibility index (Phi) is 8.68. The highest BCUT2D eigenvalue weighted by Gasteiger charge is 2.56. The minimum Gasteiger partial charge on any atom is -0.382 e. The fraction of sp³-hybridized carbons (Fsp3) is 0.613. The van der Waals surface area contributed by atoms with E-state index in [4.69, 9.17) is 19.9 Å². The second-order valence-corrected chi connectivity index (χ2v) is 13.4. The molecule has 3 aromatic rings. The zero-order chi connectivity index (χ0) is 31.1. The molecule has 1 unspecified atom stereocenters. The zero-order valence-corrected chi connectivity index (χ0v) is 26.5. The second kappa shape index (κ2) is 12.0. The Labute approximate surface area is 253 Å². The van der Waals surface area contributed by atoms with Crippen LogP contribution in [0.2, 0.25) is 0 Å². The van der Waals surface area contributed by atoms with Crippen LogP contribution < -0.4 is 16.4 Å². The summed E-state index contributed by atoms with van der Waals surface area (Å²) >= 11 is 0. The van der Waals surface area contributed by atoms with Gasteiger partial charge in [0.2, 0.25) is 0 Å². The number of urea groups is 1. The molecule has 234 valence electrons. The molecule has 0 saturated carbocycles. The Bertz CT molecular complexity index is 1420. The van der Waals surface area contributed by atoms with E-state index < -0.39 is 12.0 Å². The minimum absolute atomic E-state index is 0.00579. The van der Waals surface area contributed by atoms with Crippen LogP contribution in [0.25, 0.3) is 11.2 Å². The number of amides is 2. The first-order chi connectivity index (χ1) is 20.3. The maximum absolute atomic E-state index is 12.9. The average Bonchev–Trinajstić information content (AvgIpc) is 3.59. The SMILES string of the molecule is CCC(NC(=O)Nc1ccc(C(C)(C)C)cc1)[C@H](C)CN(C)C[C@H]1O[C@@H](n2cnc3c(N)ncnc32)[C@@H]2OC(C)(C)O[C@@H]21. The molecule has 1 aromatic carbocycles. The van der Waals surface area contributed by atoms with Crippen molar-refractivity contribution in [2.75, 3.05) is 31.2 Å². The summed E-state index contributed by atoms with van der Waals surface area (Å²) in [5.41, 5.74) is 9.19. The number of anilines is 2. The fourth-order valence-corrected chi connectivity index (χ4v) is 6.12. The van der Waals surface area contributed by atoms with Crippen LogP contribution in [-0.4, -0.2) is 80.7 Å². The van der Waals surface area contributed by atoms with E-state index in [1.54, 1.807) is 6.33 Å². The summed E-state index contributed by atoms with van der Waals surface area (Å²) in [6.07, 6.45) is 2.55. The first kappa shape index (κ1) is 31.1. The van der Waals surface area contributed by atoms with Gasteiger partial charge in [0.15, 0.2) is 23.5 Å². The second-order valence-electron chi connectivity index (χ2n) is 13.4. The number of nitrogens with zero attached hydrogens (tertiary/aromatic N) is 5. The molecule has 0 bridgehead atoms. The Morgan fingerprint density at radius 3 is 2.51 bits per heavy atom. The highest BCUT2D eigenvalue weighted by molar-refractivity contribution is 5.89. The van der Waals surface area contributed by atoms with Gasteiger partial charge in [-0.05, 0) is 56.3 Å². The largest absolute Gasteiger partial charge is 0.382 e. The predicted octanol–water partition coefficient (Wildman–Crippen LogP) is 4.29. The van der Waals surface area contributed by atoms with Crippen molar-refractivity contribution < 1.29 is 19.0 Å². The number of nitrogens with one attached hydrogen (secondary N) is 2. The minimum atomic E-state index is -0.747. The molecule has 12 nitrogen and oxygen atoms in total. The van der Waals surface area contributed by atoms with Gasteiger partial charge < -0.3 is 35.5 Å². The summed E-state index contributed by atoms with van der Waals surface area (Å²) in [5, 5.41) is 6.15. The fourth-order valence-electron chi connectivity index (χ4n) is 6.12. The van der Waals surface area contributed by atoms with E-state index in [9.17, 15) is 4.79 Å². The van der Waals surface area contributed by atoms with Gasteiger partial charge in [-0.1, -0.05) is 46.8 Å². The number of carbonyl (C=O) groups excluding carboxylic acids is 1. The number of benzene rings is 1. The van der Waals surface area contributed by atoms with Gasteiger partial charge in [-0.25, -0.2) is 19.7 Å². The molecular weight excluding hydrogens is 548 g/mol. The van der Waals surface area contributed by atoms with Gasteiger partial charge in [0, 0.05) is 24.8 Å². The average molecular weight is 595 g/mol. The van der Waals surface area contributed by atoms with E-state index in [0.717, 1.165) is 18.7 Å². The lowest BCUT2D eigenvalue weighted by atomic mass is 9.87. The van der Waals surface area contributed by atoms with Crippen LogP contribution in [0.4, 0.5) is 16.3 Å². The molecule has 4 N–H and O–H groups in total. The van der Waals surface area contributed by atoms with Crippen molar-refractivity contribution in [3.8, 4) is 0 Å². The number of aromatic nitrogens is 4. The van der Waals surface area contributed by atoms with E-state index in [1.807, 2.05) is 30.5 Å². The maximum Gasteiger partial charge on any atom is 0.319 e. The third-order valence-corrected chi connectivity index (χ3v) is 8.33. The zero-order valence-electron chi connectivity index (χ0n) is 26.5. The Hall–Kier alpha value is -3.32. The number of fused-ring (bicyclic) bond motifs is 2. The molecule has 6 atom stereocenters. The molecule has 5 rings (SSSR count). The van der Waals surface area contributed by atoms with Gasteiger partial charge in [0.25, 0.3) is 0 Å². The summed E-state index contributed by atoms with van der Waals surface area (Å²) in [5.74, 6) is -0.242. The molecule has 0 spiro atoms. The van der Waals surface area contributed by atoms with E-state index in [-0.39, 0.29) is 41.7 Å². The van der Waals surface area contributed by atoms with Crippen LogP contribution in [-0.2, 0) is 19.6 Å². The highest BCUT2D eigenvalue weighted by atomic mass is 16.8. The molecule has 12 heteroatoms. The lowest BCUT2D eigenvalue weighted by molar-refractivity contribution is -0.197. The van der Waals surface area contributed by atoms with Gasteiger partial charge in [0.05, 0.1) is 6.33 Å². The number of hydrogen-bond donors (Lipinski definition) is 3. The molecule has 2 amide bonds. The molecule has 2 aliphatic rings. The van der Waals surface area contributed by atoms with Crippen LogP contribution in [0.5, 0.6) is 0 Å². The lowest BCUT2D eigenvalue weighted by Crippen LogP contribution is -2.46. The van der Waals surface area contributed by atoms with Crippen LogP contribution in [0, 0.1) is 5.92 Å². The van der Waals surface area contributed by atoms with Gasteiger partial charge in [-0.3, -0.25) is 4.57 Å². The van der Waals surface area contributed by atoms with Crippen LogP contribution in [0.15, 0.2) is 36.9 Å². The maximum atomic E-state index is 12.9. The van der Waals surface area contributed by atoms with E-state index in [2.05, 4.69) is 84.3 Å². The number of ether oxygens (including phenoxy) is 3. The standard InChI is InChI=1S/C31H46N8O4/c1-9-21(37-29(40)36-20-12-10-19(11-13-20)30(3,4)5)18(2)14-38(8)15-22-24-25(43-31(6,7)42-24)28(41-22)39-17-35-23-26(32)33-16-34-27(23)39/h10-13,16-18,21-22,24-25,28H,9,14-15H2,1-8H3,(H2,32,33,34)(H2,36,37,40)/t18-,21?,22-,24-,25-,28-/m1/s1. The van der Waals surface area contributed by atoms with Crippen LogP contribution in [0.3, 0.4) is 0 Å². The molecule has 4 heterocycles. The molecular formula is C31H46N8O4. The number of nitrogen functional groups attached to an aromatic ring is 1. The summed E-state index contributed by atoms with van der Waals surface area (Å²) in [6, 6.07) is 7.81. The first-order valence-electron chi connectivity index (χ1n) is 15.1. The molecule has 2 saturated heterocycles. The molecule has 0 aliphatic carbocycles. The Balaban J connectivity index is 1.20. The highest BCUT2D eigenvalue weighted by Crippen LogP contribution is 2.44. The molecule has 2 aromatic heterocycles. The number of hydrogen-bond acceptors (Lipinski definition) is 9. The van der Waals surface area contributed by atoms with Crippen molar-refractivity contribution in [3.05, 3.63) is 42.5 Å². The van der Waals surface area contributed by atoms with Crippen molar-refractivity contribution in [3.63, 3.8) is 0 Å². The summed E-state index contributed by atoms with van der Waals surface area (Å²) < 4.78 is 21.1. The van der Waals surface area contributed by atoms with E-state index >= 15 is 0 Å². The predicted molar refractivity (Wildman–Crippen MR) is 166 cm³/mol. The van der Waals surface area contributed by atoms with Gasteiger partial charge >= 0.3 is 6.03 Å². The third-order valence-electron chi connectivity index (χ3n) is 8.33. The molecule has 43 heavy (non-hydrogen) atoms. The van der Waals surface area contributed by atoms with Crippen molar-refractivity contribution in [2.45, 2.75) is 96.7 Å². The molecule has 2 aliphatic heterocycles. The monoisotopic (exact) mass is 594 g/mol. The first-order valence-corrected chi connectivity index (χ1v) is 15.1. The van der Waals surface area contributed by atoms with E-state index in [1.165, 1.54) is 11.9 Å². The molecule has 2 fully saturated rings. The number of likely N-dealkylation sites (N-methyl/N-ethyl adjacent to an activating group) is 1. The van der Waals surface area contributed by atoms with E-state index in [0.29, 0.717) is 23.5 Å². The summed E-state index contributed by atoms with van der Waals surface area (Å²) in [7, 11) is 2.06. The van der Waals surface area contributed by atoms with Crippen molar-refractivity contribution in [1.29, 1.82) is 0 Å². The lowest BCUT2D eigenvalue weighted by Gasteiger charge is -2.31. The van der Waals surface area contributed by atoms with Crippen molar-refractivity contribution in [2.24, 2.45) is 5.92 Å². The number of carbonyl (C=O) groups is 1. The smallest absolute Gasteiger partial charge is 0.319 e. The van der Waals surface area contributed by atoms with Gasteiger partial charge in [-0.15, -0.1) is 0 Å². The molecule has 0 radical (unpaired) electrons. The van der Waals surface area contributed by atoms with Gasteiger partial charge in [0.1, 0.15) is 30.2 Å².